The molecule has 4 rings (SSSR count). The first-order valence-electron chi connectivity index (χ1n) is 9.45. The number of ether oxygens (including phenoxy) is 1. The van der Waals surface area contributed by atoms with Crippen LogP contribution in [0.5, 0.6) is 5.75 Å². The number of benzene rings is 3. The van der Waals surface area contributed by atoms with Gasteiger partial charge < -0.3 is 4.74 Å². The van der Waals surface area contributed by atoms with Gasteiger partial charge in [-0.1, -0.05) is 58.4 Å². The van der Waals surface area contributed by atoms with Gasteiger partial charge in [0, 0.05) is 4.47 Å². The van der Waals surface area contributed by atoms with Crippen molar-refractivity contribution in [2.45, 2.75) is 6.61 Å². The highest BCUT2D eigenvalue weighted by Crippen LogP contribution is 2.25. The largest absolute Gasteiger partial charge is 0.489 e. The Morgan fingerprint density at radius 3 is 2.35 bits per heavy atom. The minimum Gasteiger partial charge on any atom is -0.489 e. The van der Waals surface area contributed by atoms with Crippen molar-refractivity contribution in [2.24, 2.45) is 0 Å². The number of rotatable bonds is 5. The Labute approximate surface area is 187 Å². The molecule has 154 valence electrons. The highest BCUT2D eigenvalue weighted by atomic mass is 79.9. The van der Waals surface area contributed by atoms with E-state index in [1.54, 1.807) is 42.5 Å². The fourth-order valence-electron chi connectivity index (χ4n) is 3.09. The molecule has 0 unspecified atom stereocenters. The number of amides is 4. The summed E-state index contributed by atoms with van der Waals surface area (Å²) in [5.74, 6) is -0.820. The van der Waals surface area contributed by atoms with E-state index in [2.05, 4.69) is 21.2 Å². The topological polar surface area (TPSA) is 75.7 Å². The standard InChI is InChI=1S/C24H17BrN2O4/c25-18-8-4-7-17(13-18)14-21-22(28)26-24(30)27(23(21)29)19-9-11-20(12-10-19)31-15-16-5-2-1-3-6-16/h1-14H,15H2,(H,26,28,30)/b21-14+. The van der Waals surface area contributed by atoms with Gasteiger partial charge in [0.1, 0.15) is 17.9 Å². The van der Waals surface area contributed by atoms with Gasteiger partial charge in [0.15, 0.2) is 0 Å². The molecule has 6 nitrogen and oxygen atoms in total. The molecule has 3 aromatic carbocycles. The maximum Gasteiger partial charge on any atom is 0.335 e. The molecule has 7 heteroatoms. The molecule has 1 aliphatic heterocycles. The van der Waals surface area contributed by atoms with Gasteiger partial charge in [0.05, 0.1) is 5.69 Å². The minimum atomic E-state index is -0.792. The third kappa shape index (κ3) is 4.73. The molecule has 1 heterocycles. The molecule has 0 spiro atoms. The first kappa shape index (κ1) is 20.6. The van der Waals surface area contributed by atoms with Crippen molar-refractivity contribution in [3.63, 3.8) is 0 Å². The van der Waals surface area contributed by atoms with Crippen LogP contribution in [0.15, 0.2) is 88.9 Å². The molecule has 0 atom stereocenters. The lowest BCUT2D eigenvalue weighted by Crippen LogP contribution is -2.54. The van der Waals surface area contributed by atoms with Crippen LogP contribution in [0.4, 0.5) is 10.5 Å². The fraction of sp³-hybridized carbons (Fsp3) is 0.0417. The fourth-order valence-corrected chi connectivity index (χ4v) is 3.50. The minimum absolute atomic E-state index is 0.123. The molecule has 0 aromatic heterocycles. The van der Waals surface area contributed by atoms with Crippen LogP contribution in [0, 0.1) is 0 Å². The van der Waals surface area contributed by atoms with Gasteiger partial charge in [-0.15, -0.1) is 0 Å². The lowest BCUT2D eigenvalue weighted by Gasteiger charge is -2.26. The lowest BCUT2D eigenvalue weighted by molar-refractivity contribution is -0.122. The first-order chi connectivity index (χ1) is 15.0. The number of carbonyl (C=O) groups is 3. The van der Waals surface area contributed by atoms with E-state index in [-0.39, 0.29) is 5.57 Å². The number of anilines is 1. The highest BCUT2D eigenvalue weighted by Gasteiger charge is 2.36. The van der Waals surface area contributed by atoms with Crippen molar-refractivity contribution < 1.29 is 19.1 Å². The van der Waals surface area contributed by atoms with Crippen LogP contribution in [-0.2, 0) is 16.2 Å². The maximum absolute atomic E-state index is 13.0. The van der Waals surface area contributed by atoms with Crippen LogP contribution in [-0.4, -0.2) is 17.8 Å². The Morgan fingerprint density at radius 2 is 1.65 bits per heavy atom. The van der Waals surface area contributed by atoms with E-state index in [9.17, 15) is 14.4 Å². The van der Waals surface area contributed by atoms with E-state index in [0.717, 1.165) is 14.9 Å². The Hall–Kier alpha value is -3.71. The van der Waals surface area contributed by atoms with Crippen LogP contribution in [0.25, 0.3) is 6.08 Å². The Kier molecular flexibility index (Phi) is 5.95. The second kappa shape index (κ2) is 8.97. The second-order valence-corrected chi connectivity index (χ2v) is 7.70. The molecule has 1 aliphatic rings. The molecule has 0 radical (unpaired) electrons. The molecule has 3 aromatic rings. The molecule has 0 bridgehead atoms. The van der Waals surface area contributed by atoms with Crippen molar-refractivity contribution in [2.75, 3.05) is 4.90 Å². The summed E-state index contributed by atoms with van der Waals surface area (Å²) < 4.78 is 6.55. The summed E-state index contributed by atoms with van der Waals surface area (Å²) in [6.07, 6.45) is 1.46. The second-order valence-electron chi connectivity index (χ2n) is 6.78. The number of carbonyl (C=O) groups excluding carboxylic acids is 3. The number of nitrogens with one attached hydrogen (secondary N) is 1. The molecule has 1 fully saturated rings. The van der Waals surface area contributed by atoms with Crippen LogP contribution < -0.4 is 15.0 Å². The zero-order valence-corrected chi connectivity index (χ0v) is 17.8. The molecule has 0 aliphatic carbocycles. The van der Waals surface area contributed by atoms with E-state index in [0.29, 0.717) is 23.6 Å². The number of imide groups is 2. The molecule has 4 amide bonds. The van der Waals surface area contributed by atoms with Crippen molar-refractivity contribution >= 4 is 45.5 Å². The third-order valence-electron chi connectivity index (χ3n) is 4.60. The van der Waals surface area contributed by atoms with E-state index in [1.807, 2.05) is 36.4 Å². The normalized spacial score (nSPS) is 15.2. The summed E-state index contributed by atoms with van der Waals surface area (Å²) in [5, 5.41) is 2.22. The van der Waals surface area contributed by atoms with E-state index < -0.39 is 17.8 Å². The molecule has 31 heavy (non-hydrogen) atoms. The average Bonchev–Trinajstić information content (AvgIpc) is 2.77. The van der Waals surface area contributed by atoms with Crippen LogP contribution >= 0.6 is 15.9 Å². The average molecular weight is 477 g/mol. The Morgan fingerprint density at radius 1 is 0.903 bits per heavy atom. The summed E-state index contributed by atoms with van der Waals surface area (Å²) in [7, 11) is 0. The number of nitrogens with zero attached hydrogens (tertiary/aromatic N) is 1. The van der Waals surface area contributed by atoms with Gasteiger partial charge in [0.25, 0.3) is 11.8 Å². The number of hydrogen-bond acceptors (Lipinski definition) is 4. The van der Waals surface area contributed by atoms with Gasteiger partial charge in [0.2, 0.25) is 0 Å². The monoisotopic (exact) mass is 476 g/mol. The quantitative estimate of drug-likeness (QED) is 0.427. The van der Waals surface area contributed by atoms with Crippen molar-refractivity contribution in [1.82, 2.24) is 5.32 Å². The summed E-state index contributed by atoms with van der Waals surface area (Å²) in [6.45, 7) is 0.400. The lowest BCUT2D eigenvalue weighted by atomic mass is 10.1. The Balaban J connectivity index is 1.54. The SMILES string of the molecule is O=C1NC(=O)N(c2ccc(OCc3ccccc3)cc2)C(=O)/C1=C/c1cccc(Br)c1. The zero-order valence-electron chi connectivity index (χ0n) is 16.2. The van der Waals surface area contributed by atoms with Crippen LogP contribution in [0.3, 0.4) is 0 Å². The van der Waals surface area contributed by atoms with Crippen molar-refractivity contribution in [3.05, 3.63) is 100 Å². The van der Waals surface area contributed by atoms with Crippen LogP contribution in [0.1, 0.15) is 11.1 Å². The number of halogens is 1. The third-order valence-corrected chi connectivity index (χ3v) is 5.10. The number of barbiturate groups is 1. The molecule has 0 saturated carbocycles. The van der Waals surface area contributed by atoms with Gasteiger partial charge >= 0.3 is 6.03 Å². The summed E-state index contributed by atoms with van der Waals surface area (Å²) in [5.41, 5.74) is 1.90. The number of urea groups is 1. The molecular formula is C24H17BrN2O4. The van der Waals surface area contributed by atoms with Crippen LogP contribution in [0.2, 0.25) is 0 Å². The Bertz CT molecular complexity index is 1170. The summed E-state index contributed by atoms with van der Waals surface area (Å²) in [6, 6.07) is 22.6. The van der Waals surface area contributed by atoms with Gasteiger partial charge in [-0.2, -0.15) is 0 Å². The molecule has 1 N–H and O–H groups in total. The van der Waals surface area contributed by atoms with Crippen molar-refractivity contribution in [3.8, 4) is 5.75 Å². The summed E-state index contributed by atoms with van der Waals surface area (Å²) >= 11 is 3.36. The van der Waals surface area contributed by atoms with E-state index in [4.69, 9.17) is 4.74 Å². The predicted molar refractivity (Wildman–Crippen MR) is 120 cm³/mol. The summed E-state index contributed by atoms with van der Waals surface area (Å²) in [4.78, 5) is 38.5. The van der Waals surface area contributed by atoms with Gasteiger partial charge in [-0.3, -0.25) is 14.9 Å². The van der Waals surface area contributed by atoms with Gasteiger partial charge in [-0.05, 0) is 53.6 Å². The molecular weight excluding hydrogens is 460 g/mol. The number of hydrogen-bond donors (Lipinski definition) is 1. The maximum atomic E-state index is 13.0. The first-order valence-corrected chi connectivity index (χ1v) is 10.2. The zero-order chi connectivity index (χ0) is 21.8. The van der Waals surface area contributed by atoms with E-state index in [1.165, 1.54) is 6.08 Å². The van der Waals surface area contributed by atoms with Gasteiger partial charge in [-0.25, -0.2) is 9.69 Å². The van der Waals surface area contributed by atoms with Crippen molar-refractivity contribution in [1.29, 1.82) is 0 Å². The smallest absolute Gasteiger partial charge is 0.335 e. The predicted octanol–water partition coefficient (Wildman–Crippen LogP) is 4.69. The van der Waals surface area contributed by atoms with E-state index >= 15 is 0 Å². The molecule has 1 saturated heterocycles. The highest BCUT2D eigenvalue weighted by molar-refractivity contribution is 9.10.